The van der Waals surface area contributed by atoms with E-state index in [0.29, 0.717) is 18.7 Å². The highest BCUT2D eigenvalue weighted by molar-refractivity contribution is 5.94. The molecular weight excluding hydrogens is 238 g/mol. The second-order valence-electron chi connectivity index (χ2n) is 3.92. The number of nitrogens with zero attached hydrogens (tertiary/aromatic N) is 1. The zero-order valence-electron chi connectivity index (χ0n) is 9.80. The Bertz CT molecular complexity index is 485. The van der Waals surface area contributed by atoms with Crippen LogP contribution in [0.5, 0.6) is 5.75 Å². The number of hydrogen-bond acceptors (Lipinski definition) is 5. The van der Waals surface area contributed by atoms with E-state index in [9.17, 15) is 14.9 Å². The highest BCUT2D eigenvalue weighted by atomic mass is 16.6. The SMILES string of the molecule is CNC(=O)c1ccc([N+](=O)[O-])c(OC2CNC2)c1. The maximum Gasteiger partial charge on any atom is 0.310 e. The first-order valence-electron chi connectivity index (χ1n) is 5.49. The predicted octanol–water partition coefficient (Wildman–Crippen LogP) is 0.305. The fraction of sp³-hybridized carbons (Fsp3) is 0.364. The predicted molar refractivity (Wildman–Crippen MR) is 63.8 cm³/mol. The van der Waals surface area contributed by atoms with Gasteiger partial charge in [-0.25, -0.2) is 0 Å². The van der Waals surface area contributed by atoms with Crippen LogP contribution in [0.1, 0.15) is 10.4 Å². The summed E-state index contributed by atoms with van der Waals surface area (Å²) in [5, 5.41) is 16.3. The van der Waals surface area contributed by atoms with Crippen molar-refractivity contribution in [2.45, 2.75) is 6.10 Å². The molecule has 7 nitrogen and oxygen atoms in total. The van der Waals surface area contributed by atoms with E-state index in [0.717, 1.165) is 0 Å². The molecule has 1 amide bonds. The minimum atomic E-state index is -0.519. The van der Waals surface area contributed by atoms with Crippen LogP contribution in [0.2, 0.25) is 0 Å². The first-order valence-corrected chi connectivity index (χ1v) is 5.49. The zero-order valence-corrected chi connectivity index (χ0v) is 9.80. The molecule has 1 aliphatic rings. The third kappa shape index (κ3) is 2.40. The van der Waals surface area contributed by atoms with Crippen LogP contribution in [-0.2, 0) is 0 Å². The standard InChI is InChI=1S/C11H13N3O4/c1-12-11(15)7-2-3-9(14(16)17)10(4-7)18-8-5-13-6-8/h2-4,8,13H,5-6H2,1H3,(H,12,15). The normalized spacial score (nSPS) is 14.7. The minimum absolute atomic E-state index is 0.0800. The molecule has 7 heteroatoms. The molecule has 96 valence electrons. The van der Waals surface area contributed by atoms with Gasteiger partial charge in [0.2, 0.25) is 0 Å². The highest BCUT2D eigenvalue weighted by Crippen LogP contribution is 2.29. The zero-order chi connectivity index (χ0) is 13.1. The van der Waals surface area contributed by atoms with Crippen LogP contribution in [-0.4, -0.2) is 37.1 Å². The molecule has 1 aliphatic heterocycles. The molecular formula is C11H13N3O4. The Morgan fingerprint density at radius 2 is 2.28 bits per heavy atom. The summed E-state index contributed by atoms with van der Waals surface area (Å²) in [4.78, 5) is 21.8. The number of hydrogen-bond donors (Lipinski definition) is 2. The fourth-order valence-corrected chi connectivity index (χ4v) is 1.57. The van der Waals surface area contributed by atoms with Gasteiger partial charge in [-0.1, -0.05) is 0 Å². The van der Waals surface area contributed by atoms with Gasteiger partial charge in [-0.15, -0.1) is 0 Å². The molecule has 1 fully saturated rings. The molecule has 2 rings (SSSR count). The van der Waals surface area contributed by atoms with Gasteiger partial charge in [0, 0.05) is 37.8 Å². The lowest BCUT2D eigenvalue weighted by Crippen LogP contribution is -2.50. The first-order chi connectivity index (χ1) is 8.61. The molecule has 1 saturated heterocycles. The second-order valence-corrected chi connectivity index (χ2v) is 3.92. The Morgan fingerprint density at radius 3 is 2.78 bits per heavy atom. The lowest BCUT2D eigenvalue weighted by molar-refractivity contribution is -0.386. The third-order valence-electron chi connectivity index (χ3n) is 2.68. The largest absolute Gasteiger partial charge is 0.481 e. The molecule has 1 aromatic rings. The van der Waals surface area contributed by atoms with Gasteiger partial charge < -0.3 is 15.4 Å². The summed E-state index contributed by atoms with van der Waals surface area (Å²) >= 11 is 0. The van der Waals surface area contributed by atoms with E-state index in [1.807, 2.05) is 0 Å². The molecule has 18 heavy (non-hydrogen) atoms. The number of nitro benzene ring substituents is 1. The molecule has 0 atom stereocenters. The number of carbonyl (C=O) groups is 1. The Morgan fingerprint density at radius 1 is 1.56 bits per heavy atom. The molecule has 2 N–H and O–H groups in total. The molecule has 0 radical (unpaired) electrons. The molecule has 0 spiro atoms. The third-order valence-corrected chi connectivity index (χ3v) is 2.68. The van der Waals surface area contributed by atoms with Crippen molar-refractivity contribution in [1.29, 1.82) is 0 Å². The van der Waals surface area contributed by atoms with Crippen molar-refractivity contribution in [3.63, 3.8) is 0 Å². The maximum absolute atomic E-state index is 11.5. The number of ether oxygens (including phenoxy) is 1. The van der Waals surface area contributed by atoms with Crippen molar-refractivity contribution in [2.75, 3.05) is 20.1 Å². The van der Waals surface area contributed by atoms with Crippen molar-refractivity contribution in [2.24, 2.45) is 0 Å². The van der Waals surface area contributed by atoms with Crippen LogP contribution in [0.3, 0.4) is 0 Å². The number of rotatable bonds is 4. The highest BCUT2D eigenvalue weighted by Gasteiger charge is 2.24. The summed E-state index contributed by atoms with van der Waals surface area (Å²) in [7, 11) is 1.50. The van der Waals surface area contributed by atoms with E-state index < -0.39 is 4.92 Å². The summed E-state index contributed by atoms with van der Waals surface area (Å²) in [6, 6.07) is 4.09. The first kappa shape index (κ1) is 12.3. The number of benzene rings is 1. The molecule has 0 unspecified atom stereocenters. The van der Waals surface area contributed by atoms with E-state index >= 15 is 0 Å². The molecule has 0 bridgehead atoms. The van der Waals surface area contributed by atoms with E-state index in [2.05, 4.69) is 10.6 Å². The summed E-state index contributed by atoms with van der Waals surface area (Å²) in [5.41, 5.74) is 0.208. The lowest BCUT2D eigenvalue weighted by Gasteiger charge is -2.27. The van der Waals surface area contributed by atoms with Crippen LogP contribution < -0.4 is 15.4 Å². The van der Waals surface area contributed by atoms with Crippen molar-refractivity contribution in [3.8, 4) is 5.75 Å². The maximum atomic E-state index is 11.5. The summed E-state index contributed by atoms with van der Waals surface area (Å²) in [6.45, 7) is 1.31. The Labute approximate surface area is 103 Å². The van der Waals surface area contributed by atoms with Crippen molar-refractivity contribution in [3.05, 3.63) is 33.9 Å². The molecule has 0 saturated carbocycles. The van der Waals surface area contributed by atoms with Crippen LogP contribution in [0, 0.1) is 10.1 Å². The monoisotopic (exact) mass is 251 g/mol. The van der Waals surface area contributed by atoms with Crippen molar-refractivity contribution >= 4 is 11.6 Å². The smallest absolute Gasteiger partial charge is 0.310 e. The van der Waals surface area contributed by atoms with Crippen molar-refractivity contribution in [1.82, 2.24) is 10.6 Å². The van der Waals surface area contributed by atoms with Crippen LogP contribution in [0.15, 0.2) is 18.2 Å². The average molecular weight is 251 g/mol. The van der Waals surface area contributed by atoms with E-state index in [4.69, 9.17) is 4.74 Å². The molecule has 1 heterocycles. The average Bonchev–Trinajstić information content (AvgIpc) is 2.32. The van der Waals surface area contributed by atoms with Gasteiger partial charge in [0.05, 0.1) is 4.92 Å². The van der Waals surface area contributed by atoms with E-state index in [-0.39, 0.29) is 23.4 Å². The van der Waals surface area contributed by atoms with Crippen molar-refractivity contribution < 1.29 is 14.5 Å². The molecule has 0 aromatic heterocycles. The van der Waals surface area contributed by atoms with Gasteiger partial charge in [0.25, 0.3) is 5.91 Å². The Hall–Kier alpha value is -2.15. The number of amides is 1. The molecule has 1 aromatic carbocycles. The van der Waals surface area contributed by atoms with Crippen LogP contribution in [0.4, 0.5) is 5.69 Å². The summed E-state index contributed by atoms with van der Waals surface area (Å²) in [6.07, 6.45) is -0.0800. The molecule has 0 aliphatic carbocycles. The van der Waals surface area contributed by atoms with Gasteiger partial charge in [-0.2, -0.15) is 0 Å². The van der Waals surface area contributed by atoms with Gasteiger partial charge >= 0.3 is 5.69 Å². The quantitative estimate of drug-likeness (QED) is 0.593. The van der Waals surface area contributed by atoms with Gasteiger partial charge in [0.15, 0.2) is 5.75 Å². The number of nitrogens with one attached hydrogen (secondary N) is 2. The van der Waals surface area contributed by atoms with Gasteiger partial charge in [-0.05, 0) is 6.07 Å². The number of nitro groups is 1. The summed E-state index contributed by atoms with van der Waals surface area (Å²) in [5.74, 6) is -0.172. The van der Waals surface area contributed by atoms with Crippen LogP contribution >= 0.6 is 0 Å². The van der Waals surface area contributed by atoms with E-state index in [1.165, 1.54) is 25.2 Å². The second kappa shape index (κ2) is 5.01. The fourth-order valence-electron chi connectivity index (χ4n) is 1.57. The van der Waals surface area contributed by atoms with Crippen LogP contribution in [0.25, 0.3) is 0 Å². The lowest BCUT2D eigenvalue weighted by atomic mass is 10.1. The topological polar surface area (TPSA) is 93.5 Å². The van der Waals surface area contributed by atoms with Gasteiger partial charge in [-0.3, -0.25) is 14.9 Å². The number of carbonyl (C=O) groups excluding carboxylic acids is 1. The van der Waals surface area contributed by atoms with E-state index in [1.54, 1.807) is 0 Å². The Balaban J connectivity index is 2.30. The Kier molecular flexibility index (Phi) is 3.42. The van der Waals surface area contributed by atoms with Gasteiger partial charge in [0.1, 0.15) is 6.10 Å². The summed E-state index contributed by atoms with van der Waals surface area (Å²) < 4.78 is 5.49. The minimum Gasteiger partial charge on any atom is -0.481 e.